The van der Waals surface area contributed by atoms with E-state index >= 15 is 0 Å². The van der Waals surface area contributed by atoms with Crippen LogP contribution in [-0.4, -0.2) is 6.85 Å². The summed E-state index contributed by atoms with van der Waals surface area (Å²) in [7, 11) is 0. The molecule has 0 saturated heterocycles. The molecule has 0 saturated carbocycles. The first kappa shape index (κ1) is 31.2. The summed E-state index contributed by atoms with van der Waals surface area (Å²) in [4.78, 5) is 2.72. The Balaban J connectivity index is 1.32. The third-order valence-electron chi connectivity index (χ3n) is 12.8. The van der Waals surface area contributed by atoms with Gasteiger partial charge >= 0.3 is 6.85 Å². The van der Waals surface area contributed by atoms with Crippen LogP contribution >= 0.6 is 0 Å². The normalized spacial score (nSPS) is 18.4. The molecule has 2 heterocycles. The van der Waals surface area contributed by atoms with Crippen LogP contribution in [0.1, 0.15) is 73.6 Å². The van der Waals surface area contributed by atoms with Crippen molar-refractivity contribution in [3.63, 3.8) is 0 Å². The Morgan fingerprint density at radius 3 is 1.42 bits per heavy atom. The molecule has 2 heteroatoms. The fraction of sp³-hybridized carbons (Fsp3) is 0.160. The van der Waals surface area contributed by atoms with E-state index in [1.54, 1.807) is 0 Å². The lowest BCUT2D eigenvalue weighted by atomic mass is 9.37. The Hall–Kier alpha value is -5.60. The van der Waals surface area contributed by atoms with Crippen molar-refractivity contribution in [3.05, 3.63) is 203 Å². The first-order valence-electron chi connectivity index (χ1n) is 18.7. The highest BCUT2D eigenvalue weighted by molar-refractivity contribution is 6.90. The summed E-state index contributed by atoms with van der Waals surface area (Å²) in [6.07, 6.45) is 0. The molecular weight excluding hydrogens is 625 g/mol. The Morgan fingerprint density at radius 1 is 0.365 bits per heavy atom. The van der Waals surface area contributed by atoms with E-state index in [1.165, 1.54) is 83.5 Å². The van der Waals surface area contributed by atoms with Gasteiger partial charge in [0, 0.05) is 27.6 Å². The van der Waals surface area contributed by atoms with Gasteiger partial charge in [-0.15, -0.1) is 0 Å². The van der Waals surface area contributed by atoms with E-state index in [1.807, 2.05) is 0 Å². The fourth-order valence-electron chi connectivity index (χ4n) is 10.2. The molecule has 7 aromatic rings. The van der Waals surface area contributed by atoms with Crippen molar-refractivity contribution >= 4 is 29.1 Å². The molecule has 1 aliphatic carbocycles. The van der Waals surface area contributed by atoms with Crippen LogP contribution in [0.3, 0.4) is 0 Å². The van der Waals surface area contributed by atoms with Gasteiger partial charge in [0.05, 0.1) is 0 Å². The van der Waals surface area contributed by atoms with Gasteiger partial charge in [-0.25, -0.2) is 0 Å². The quantitative estimate of drug-likeness (QED) is 0.170. The van der Waals surface area contributed by atoms with Crippen LogP contribution < -0.4 is 15.7 Å². The van der Waals surface area contributed by atoms with Crippen molar-refractivity contribution in [1.29, 1.82) is 0 Å². The lowest BCUT2D eigenvalue weighted by Crippen LogP contribution is -2.65. The second-order valence-corrected chi connectivity index (χ2v) is 16.2. The molecule has 0 aromatic heterocycles. The van der Waals surface area contributed by atoms with Gasteiger partial charge in [0.25, 0.3) is 0 Å². The molecule has 1 nitrogen and oxygen atoms in total. The van der Waals surface area contributed by atoms with Gasteiger partial charge in [0.2, 0.25) is 0 Å². The van der Waals surface area contributed by atoms with Crippen molar-refractivity contribution in [3.8, 4) is 22.3 Å². The van der Waals surface area contributed by atoms with Gasteiger partial charge in [-0.1, -0.05) is 179 Å². The van der Waals surface area contributed by atoms with E-state index in [4.69, 9.17) is 0 Å². The third-order valence-corrected chi connectivity index (χ3v) is 12.8. The van der Waals surface area contributed by atoms with Crippen LogP contribution in [0.2, 0.25) is 0 Å². The molecule has 10 rings (SSSR count). The van der Waals surface area contributed by atoms with Crippen molar-refractivity contribution in [2.75, 3.05) is 4.81 Å². The van der Waals surface area contributed by atoms with E-state index in [0.29, 0.717) is 0 Å². The number of anilines is 2. The lowest BCUT2D eigenvalue weighted by molar-refractivity contribution is 0.544. The molecule has 1 atom stereocenters. The highest BCUT2D eigenvalue weighted by Crippen LogP contribution is 2.55. The summed E-state index contributed by atoms with van der Waals surface area (Å²) < 4.78 is 0. The zero-order valence-electron chi connectivity index (χ0n) is 30.6. The molecule has 52 heavy (non-hydrogen) atoms. The summed E-state index contributed by atoms with van der Waals surface area (Å²) in [6, 6.07) is 61.8. The van der Waals surface area contributed by atoms with Gasteiger partial charge in [-0.3, -0.25) is 0 Å². The Bertz CT molecular complexity index is 2450. The third kappa shape index (κ3) is 4.13. The topological polar surface area (TPSA) is 3.24 Å². The molecule has 0 fully saturated rings. The van der Waals surface area contributed by atoms with Gasteiger partial charge in [0.15, 0.2) is 0 Å². The monoisotopic (exact) mass is 667 g/mol. The first-order chi connectivity index (χ1) is 25.2. The molecule has 0 N–H and O–H groups in total. The van der Waals surface area contributed by atoms with Crippen LogP contribution in [0, 0.1) is 0 Å². The van der Waals surface area contributed by atoms with Crippen LogP contribution in [0.5, 0.6) is 0 Å². The van der Waals surface area contributed by atoms with E-state index < -0.39 is 0 Å². The van der Waals surface area contributed by atoms with Gasteiger partial charge in [-0.2, -0.15) is 0 Å². The second kappa shape index (κ2) is 11.0. The highest BCUT2D eigenvalue weighted by atomic mass is 15.1. The predicted octanol–water partition coefficient (Wildman–Crippen LogP) is 10.9. The smallest absolute Gasteiger partial charge is 0.328 e. The zero-order valence-corrected chi connectivity index (χ0v) is 30.6. The first-order valence-corrected chi connectivity index (χ1v) is 18.7. The van der Waals surface area contributed by atoms with Crippen molar-refractivity contribution in [1.82, 2.24) is 0 Å². The second-order valence-electron chi connectivity index (χ2n) is 16.2. The van der Waals surface area contributed by atoms with E-state index in [2.05, 4.69) is 203 Å². The number of benzene rings is 7. The predicted molar refractivity (Wildman–Crippen MR) is 220 cm³/mol. The van der Waals surface area contributed by atoms with Crippen molar-refractivity contribution in [2.45, 2.75) is 50.9 Å². The summed E-state index contributed by atoms with van der Waals surface area (Å²) in [6.45, 7) is 12.1. The zero-order chi connectivity index (χ0) is 35.4. The molecule has 0 bridgehead atoms. The maximum atomic E-state index is 2.72. The summed E-state index contributed by atoms with van der Waals surface area (Å²) in [5, 5.41) is 0. The fourth-order valence-corrected chi connectivity index (χ4v) is 10.2. The maximum Gasteiger partial charge on any atom is 0.328 e. The summed E-state index contributed by atoms with van der Waals surface area (Å²) in [5.41, 5.74) is 19.5. The van der Waals surface area contributed by atoms with Gasteiger partial charge in [-0.05, 0) is 91.2 Å². The van der Waals surface area contributed by atoms with Gasteiger partial charge in [0.1, 0.15) is 0 Å². The van der Waals surface area contributed by atoms with Gasteiger partial charge < -0.3 is 4.81 Å². The number of rotatable bonds is 3. The molecule has 1 unspecified atom stereocenters. The molecule has 2 aliphatic heterocycles. The standard InChI is InChI=1S/C50H42BN/c1-48(2)37-21-12-13-22-38(37)50(5)39-23-14-15-25-43(39)51(44-26-16-24-42(48)47(44)50)52-45-31-35(33-17-8-6-9-18-33)27-29-40(45)49(3,4)41-30-28-36(32-46(41)52)34-19-10-7-11-20-34/h6-32H,1-5H3. The molecule has 250 valence electrons. The number of hydrogen-bond acceptors (Lipinski definition) is 1. The molecule has 7 aromatic carbocycles. The molecule has 0 radical (unpaired) electrons. The molecule has 3 aliphatic rings. The number of nitrogens with zero attached hydrogens (tertiary/aromatic N) is 1. The summed E-state index contributed by atoms with van der Waals surface area (Å²) >= 11 is 0. The van der Waals surface area contributed by atoms with Crippen LogP contribution in [0.25, 0.3) is 22.3 Å². The SMILES string of the molecule is CC1(C)c2ccc(-c3ccccc3)cc2N(B2c3ccccc3C3(C)c4ccccc4C(C)(C)c4cccc2c43)c2cc(-c3ccccc3)ccc21. The minimum atomic E-state index is -0.288. The van der Waals surface area contributed by atoms with Crippen LogP contribution in [0.4, 0.5) is 11.4 Å². The highest BCUT2D eigenvalue weighted by Gasteiger charge is 2.54. The Kier molecular flexibility index (Phi) is 6.57. The Labute approximate surface area is 308 Å². The average Bonchev–Trinajstić information content (AvgIpc) is 3.19. The van der Waals surface area contributed by atoms with E-state index in [-0.39, 0.29) is 23.1 Å². The minimum Gasteiger partial charge on any atom is -0.376 e. The van der Waals surface area contributed by atoms with E-state index in [0.717, 1.165) is 0 Å². The lowest BCUT2D eigenvalue weighted by Gasteiger charge is -2.53. The van der Waals surface area contributed by atoms with Crippen molar-refractivity contribution < 1.29 is 0 Å². The molecule has 0 spiro atoms. The average molecular weight is 668 g/mol. The largest absolute Gasteiger partial charge is 0.376 e. The Morgan fingerprint density at radius 2 is 0.827 bits per heavy atom. The maximum absolute atomic E-state index is 2.72. The minimum absolute atomic E-state index is 0.0362. The molecule has 0 amide bonds. The van der Waals surface area contributed by atoms with Crippen LogP contribution in [0.15, 0.2) is 164 Å². The van der Waals surface area contributed by atoms with Crippen molar-refractivity contribution in [2.24, 2.45) is 0 Å². The number of hydrogen-bond donors (Lipinski definition) is 0. The number of fused-ring (bicyclic) bond motifs is 6. The van der Waals surface area contributed by atoms with E-state index in [9.17, 15) is 0 Å². The van der Waals surface area contributed by atoms with Crippen LogP contribution in [-0.2, 0) is 16.2 Å². The summed E-state index contributed by atoms with van der Waals surface area (Å²) in [5.74, 6) is 0. The molecular formula is C50H42BN.